The number of halogens is 2. The zero-order valence-electron chi connectivity index (χ0n) is 17.0. The molecule has 0 bridgehead atoms. The van der Waals surface area contributed by atoms with Crippen molar-refractivity contribution in [3.8, 4) is 0 Å². The number of hydrogen-bond acceptors (Lipinski definition) is 3. The van der Waals surface area contributed by atoms with Gasteiger partial charge >= 0.3 is 0 Å². The number of aromatic nitrogens is 1. The molecule has 0 saturated carbocycles. The van der Waals surface area contributed by atoms with E-state index in [-0.39, 0.29) is 18.3 Å². The monoisotopic (exact) mass is 429 g/mol. The number of fused-ring (bicyclic) bond motifs is 3. The van der Waals surface area contributed by atoms with Crippen molar-refractivity contribution in [3.63, 3.8) is 0 Å². The maximum absolute atomic E-state index is 13.4. The van der Waals surface area contributed by atoms with E-state index in [0.29, 0.717) is 37.8 Å². The van der Waals surface area contributed by atoms with Gasteiger partial charge in [-0.25, -0.2) is 4.39 Å². The molecular weight excluding hydrogens is 405 g/mol. The lowest BCUT2D eigenvalue weighted by molar-refractivity contribution is -0.133. The highest BCUT2D eigenvalue weighted by Gasteiger charge is 2.25. The molecule has 1 aliphatic rings. The minimum absolute atomic E-state index is 0.0697. The van der Waals surface area contributed by atoms with Crippen molar-refractivity contribution >= 4 is 28.4 Å². The van der Waals surface area contributed by atoms with E-state index in [2.05, 4.69) is 17.1 Å². The summed E-state index contributed by atoms with van der Waals surface area (Å²) in [6.45, 7) is 3.09. The van der Waals surface area contributed by atoms with Crippen molar-refractivity contribution < 1.29 is 13.9 Å². The number of aromatic amines is 1. The molecule has 0 atom stereocenters. The van der Waals surface area contributed by atoms with Gasteiger partial charge in [0.25, 0.3) is 0 Å². The summed E-state index contributed by atoms with van der Waals surface area (Å²) in [5.41, 5.74) is 4.33. The van der Waals surface area contributed by atoms with Crippen molar-refractivity contribution in [1.82, 2.24) is 14.8 Å². The van der Waals surface area contributed by atoms with Gasteiger partial charge in [0.2, 0.25) is 5.91 Å². The lowest BCUT2D eigenvalue weighted by Crippen LogP contribution is -2.43. The molecule has 7 heteroatoms. The number of carbonyl (C=O) groups is 1. The van der Waals surface area contributed by atoms with Gasteiger partial charge in [0.1, 0.15) is 5.82 Å². The maximum Gasteiger partial charge on any atom is 0.237 e. The van der Waals surface area contributed by atoms with Crippen LogP contribution >= 0.6 is 11.6 Å². The van der Waals surface area contributed by atoms with Crippen LogP contribution in [0.15, 0.2) is 42.5 Å². The van der Waals surface area contributed by atoms with Crippen LogP contribution in [0.25, 0.3) is 10.9 Å². The van der Waals surface area contributed by atoms with Gasteiger partial charge in [-0.05, 0) is 23.8 Å². The zero-order chi connectivity index (χ0) is 21.1. The molecule has 30 heavy (non-hydrogen) atoms. The highest BCUT2D eigenvalue weighted by atomic mass is 35.5. The molecular formula is C23H25ClFN3O2. The first-order valence-corrected chi connectivity index (χ1v) is 10.4. The van der Waals surface area contributed by atoms with E-state index in [1.807, 2.05) is 21.9 Å². The Balaban J connectivity index is 1.47. The molecule has 0 fully saturated rings. The summed E-state index contributed by atoms with van der Waals surface area (Å²) in [4.78, 5) is 20.5. The summed E-state index contributed by atoms with van der Waals surface area (Å²) in [6, 6.07) is 12.6. The Kier molecular flexibility index (Phi) is 6.37. The third-order valence-electron chi connectivity index (χ3n) is 5.61. The molecule has 0 spiro atoms. The normalized spacial score (nSPS) is 13.8. The maximum atomic E-state index is 13.4. The third-order valence-corrected chi connectivity index (χ3v) is 5.97. The van der Waals surface area contributed by atoms with E-state index < -0.39 is 0 Å². The molecule has 2 aromatic carbocycles. The number of rotatable bonds is 7. The molecule has 158 valence electrons. The highest BCUT2D eigenvalue weighted by Crippen LogP contribution is 2.27. The zero-order valence-corrected chi connectivity index (χ0v) is 17.7. The van der Waals surface area contributed by atoms with Gasteiger partial charge in [-0.3, -0.25) is 9.69 Å². The van der Waals surface area contributed by atoms with E-state index in [9.17, 15) is 9.18 Å². The van der Waals surface area contributed by atoms with Gasteiger partial charge in [0.05, 0.1) is 13.2 Å². The summed E-state index contributed by atoms with van der Waals surface area (Å²) in [5.74, 6) is -0.300. The molecule has 5 nitrogen and oxygen atoms in total. The lowest BCUT2D eigenvalue weighted by Gasteiger charge is -2.30. The number of benzene rings is 2. The van der Waals surface area contributed by atoms with Crippen molar-refractivity contribution in [3.05, 3.63) is 70.1 Å². The number of nitrogens with zero attached hydrogens (tertiary/aromatic N) is 2. The first-order valence-electron chi connectivity index (χ1n) is 10.1. The van der Waals surface area contributed by atoms with Gasteiger partial charge in [0, 0.05) is 66.9 Å². The Bertz CT molecular complexity index is 1050. The van der Waals surface area contributed by atoms with Crippen molar-refractivity contribution in [2.75, 3.05) is 33.4 Å². The fourth-order valence-electron chi connectivity index (χ4n) is 4.00. The van der Waals surface area contributed by atoms with Crippen LogP contribution in [-0.4, -0.2) is 54.0 Å². The Morgan fingerprint density at radius 2 is 2.13 bits per heavy atom. The smallest absolute Gasteiger partial charge is 0.237 e. The molecule has 1 amide bonds. The first kappa shape index (κ1) is 20.8. The van der Waals surface area contributed by atoms with E-state index >= 15 is 0 Å². The average Bonchev–Trinajstić information content (AvgIpc) is 3.11. The fraction of sp³-hybridized carbons (Fsp3) is 0.348. The first-order chi connectivity index (χ1) is 14.5. The van der Waals surface area contributed by atoms with Gasteiger partial charge in [0.15, 0.2) is 0 Å². The van der Waals surface area contributed by atoms with Crippen LogP contribution in [0.2, 0.25) is 5.02 Å². The summed E-state index contributed by atoms with van der Waals surface area (Å²) in [6.07, 6.45) is 0.817. The molecule has 0 aliphatic carbocycles. The number of methoxy groups -OCH3 is 1. The molecule has 1 aromatic heterocycles. The van der Waals surface area contributed by atoms with Crippen molar-refractivity contribution in [2.24, 2.45) is 0 Å². The summed E-state index contributed by atoms with van der Waals surface area (Å²) < 4.78 is 18.6. The predicted octanol–water partition coefficient (Wildman–Crippen LogP) is 3.99. The van der Waals surface area contributed by atoms with E-state index in [4.69, 9.17) is 16.3 Å². The Labute approximate surface area is 180 Å². The lowest BCUT2D eigenvalue weighted by atomic mass is 10.0. The third kappa shape index (κ3) is 4.51. The fourth-order valence-corrected chi connectivity index (χ4v) is 4.22. The Morgan fingerprint density at radius 1 is 1.30 bits per heavy atom. The van der Waals surface area contributed by atoms with Gasteiger partial charge in [-0.1, -0.05) is 35.9 Å². The number of nitrogens with one attached hydrogen (secondary N) is 1. The van der Waals surface area contributed by atoms with E-state index in [1.165, 1.54) is 28.8 Å². The molecule has 0 unspecified atom stereocenters. The second kappa shape index (κ2) is 9.16. The molecule has 0 radical (unpaired) electrons. The molecule has 3 aromatic rings. The van der Waals surface area contributed by atoms with Crippen LogP contribution in [0, 0.1) is 5.82 Å². The molecule has 2 heterocycles. The van der Waals surface area contributed by atoms with Gasteiger partial charge < -0.3 is 14.6 Å². The van der Waals surface area contributed by atoms with Gasteiger partial charge in [-0.15, -0.1) is 0 Å². The van der Waals surface area contributed by atoms with Gasteiger partial charge in [-0.2, -0.15) is 0 Å². The van der Waals surface area contributed by atoms with Crippen molar-refractivity contribution in [2.45, 2.75) is 19.5 Å². The molecule has 4 rings (SSSR count). The number of ether oxygens (including phenoxy) is 1. The number of carbonyl (C=O) groups excluding carboxylic acids is 1. The van der Waals surface area contributed by atoms with Crippen LogP contribution in [-0.2, 0) is 29.0 Å². The van der Waals surface area contributed by atoms with Crippen LogP contribution < -0.4 is 0 Å². The summed E-state index contributed by atoms with van der Waals surface area (Å²) in [5, 5.41) is 1.55. The minimum Gasteiger partial charge on any atom is -0.383 e. The largest absolute Gasteiger partial charge is 0.383 e. The highest BCUT2D eigenvalue weighted by molar-refractivity contribution is 6.31. The predicted molar refractivity (Wildman–Crippen MR) is 116 cm³/mol. The molecule has 1 aliphatic heterocycles. The number of hydrogen-bond donors (Lipinski definition) is 1. The van der Waals surface area contributed by atoms with Crippen LogP contribution in [0.1, 0.15) is 16.8 Å². The summed E-state index contributed by atoms with van der Waals surface area (Å²) >= 11 is 6.20. The molecule has 1 N–H and O–H groups in total. The standard InChI is InChI=1S/C23H25ClFN3O2/c1-30-11-10-27(13-16-6-7-17(25)12-20(16)24)15-23(29)28-9-8-22-19(14-28)18-4-2-3-5-21(18)26-22/h2-7,12,26H,8-11,13-15H2,1H3. The molecule has 0 saturated heterocycles. The quantitative estimate of drug-likeness (QED) is 0.617. The van der Waals surface area contributed by atoms with E-state index in [1.54, 1.807) is 13.2 Å². The topological polar surface area (TPSA) is 48.6 Å². The number of para-hydroxylation sites is 1. The summed E-state index contributed by atoms with van der Waals surface area (Å²) in [7, 11) is 1.63. The second-order valence-electron chi connectivity index (χ2n) is 7.63. The Hall–Kier alpha value is -2.41. The Morgan fingerprint density at radius 3 is 2.93 bits per heavy atom. The minimum atomic E-state index is -0.369. The second-order valence-corrected chi connectivity index (χ2v) is 8.04. The number of amides is 1. The SMILES string of the molecule is COCCN(CC(=O)N1CCc2[nH]c3ccccc3c2C1)Cc1ccc(F)cc1Cl. The van der Waals surface area contributed by atoms with Crippen LogP contribution in [0.4, 0.5) is 4.39 Å². The average molecular weight is 430 g/mol. The van der Waals surface area contributed by atoms with E-state index in [0.717, 1.165) is 17.5 Å². The number of H-pyrrole nitrogens is 1. The van der Waals surface area contributed by atoms with Crippen LogP contribution in [0.3, 0.4) is 0 Å². The van der Waals surface area contributed by atoms with Crippen molar-refractivity contribution in [1.29, 1.82) is 0 Å². The van der Waals surface area contributed by atoms with Crippen LogP contribution in [0.5, 0.6) is 0 Å².